The van der Waals surface area contributed by atoms with Gasteiger partial charge in [0.25, 0.3) is 0 Å². The van der Waals surface area contributed by atoms with Crippen molar-refractivity contribution in [2.75, 3.05) is 6.61 Å². The first kappa shape index (κ1) is 13.9. The van der Waals surface area contributed by atoms with Crippen LogP contribution in [0.25, 0.3) is 0 Å². The highest BCUT2D eigenvalue weighted by Gasteiger charge is 2.30. The van der Waals surface area contributed by atoms with Crippen molar-refractivity contribution < 1.29 is 33.9 Å². The van der Waals surface area contributed by atoms with Crippen LogP contribution in [0.1, 0.15) is 26.7 Å². The number of hydrogen-bond acceptors (Lipinski definition) is 7. The molecule has 0 aromatic carbocycles. The van der Waals surface area contributed by atoms with E-state index >= 15 is 0 Å². The first-order valence-corrected chi connectivity index (χ1v) is 5.20. The Morgan fingerprint density at radius 3 is 2.65 bits per heavy atom. The molecule has 7 nitrogen and oxygen atoms in total. The molecular weight excluding hydrogens is 232 g/mol. The Morgan fingerprint density at radius 2 is 2.00 bits per heavy atom. The average Bonchev–Trinajstić information content (AvgIpc) is 2.27. The zero-order valence-corrected chi connectivity index (χ0v) is 9.71. The molecule has 0 amide bonds. The smallest absolute Gasteiger partial charge is 0.339 e. The van der Waals surface area contributed by atoms with Crippen LogP contribution in [0.2, 0.25) is 0 Å². The second-order valence-corrected chi connectivity index (χ2v) is 3.49. The second kappa shape index (κ2) is 7.21. The monoisotopic (exact) mass is 247 g/mol. The third kappa shape index (κ3) is 5.62. The van der Waals surface area contributed by atoms with Crippen molar-refractivity contribution in [3.63, 3.8) is 0 Å². The molecule has 0 saturated carbocycles. The van der Waals surface area contributed by atoms with Crippen molar-refractivity contribution >= 4 is 11.9 Å². The molecule has 0 bridgehead atoms. The highest BCUT2D eigenvalue weighted by molar-refractivity contribution is 5.65. The fourth-order valence-electron chi connectivity index (χ4n) is 1.27. The van der Waals surface area contributed by atoms with Gasteiger partial charge in [0.05, 0.1) is 6.61 Å². The zero-order valence-electron chi connectivity index (χ0n) is 9.71. The maximum atomic E-state index is 10.6. The van der Waals surface area contributed by atoms with E-state index in [1.165, 1.54) is 13.8 Å². The number of rotatable bonds is 5. The van der Waals surface area contributed by atoms with E-state index in [1.807, 2.05) is 0 Å². The molecule has 1 saturated heterocycles. The third-order valence-corrected chi connectivity index (χ3v) is 1.95. The Labute approximate surface area is 98.8 Å². The van der Waals surface area contributed by atoms with Crippen molar-refractivity contribution in [3.05, 3.63) is 6.61 Å². The van der Waals surface area contributed by atoms with E-state index in [1.54, 1.807) is 6.61 Å². The van der Waals surface area contributed by atoms with E-state index in [-0.39, 0.29) is 6.61 Å². The first-order valence-electron chi connectivity index (χ1n) is 5.20. The van der Waals surface area contributed by atoms with Crippen LogP contribution in [0.15, 0.2) is 0 Å². The summed E-state index contributed by atoms with van der Waals surface area (Å²) in [7, 11) is 0. The minimum absolute atomic E-state index is 0.00200. The Morgan fingerprint density at radius 1 is 1.29 bits per heavy atom. The Hall–Kier alpha value is -1.18. The lowest BCUT2D eigenvalue weighted by Gasteiger charge is -2.28. The fourth-order valence-corrected chi connectivity index (χ4v) is 1.27. The van der Waals surface area contributed by atoms with Gasteiger partial charge in [-0.1, -0.05) is 0 Å². The summed E-state index contributed by atoms with van der Waals surface area (Å²) in [4.78, 5) is 39.4. The number of carbonyl (C=O) groups is 2. The lowest BCUT2D eigenvalue weighted by Crippen LogP contribution is -2.38. The molecule has 17 heavy (non-hydrogen) atoms. The molecule has 0 aliphatic carbocycles. The van der Waals surface area contributed by atoms with Crippen LogP contribution in [0.3, 0.4) is 0 Å². The summed E-state index contributed by atoms with van der Waals surface area (Å²) in [6, 6.07) is 0. The van der Waals surface area contributed by atoms with E-state index < -0.39 is 24.1 Å². The summed E-state index contributed by atoms with van der Waals surface area (Å²) in [5.41, 5.74) is 0. The predicted octanol–water partition coefficient (Wildman–Crippen LogP) is 0.685. The second-order valence-electron chi connectivity index (χ2n) is 3.49. The molecular formula is C10H15O7. The first-order chi connectivity index (χ1) is 8.09. The van der Waals surface area contributed by atoms with E-state index in [0.717, 1.165) is 0 Å². The molecule has 1 rings (SSSR count). The highest BCUT2D eigenvalue weighted by atomic mass is 17.2. The predicted molar refractivity (Wildman–Crippen MR) is 52.8 cm³/mol. The SMILES string of the molecule is CC(=O)OOC[C@H]1O[CH]CC[C@@H]1OOC(C)=O. The molecule has 7 heteroatoms. The Bertz CT molecular complexity index is 265. The van der Waals surface area contributed by atoms with Crippen LogP contribution in [0, 0.1) is 6.61 Å². The van der Waals surface area contributed by atoms with Crippen molar-refractivity contribution in [2.24, 2.45) is 0 Å². The standard InChI is InChI=1S/C10H15O7/c1-7(11)15-14-6-10-9(4-3-5-13-10)17-16-8(2)12/h5,9-10H,3-4,6H2,1-2H3/t9-,10+/m0/s1. The van der Waals surface area contributed by atoms with Gasteiger partial charge in [-0.15, -0.1) is 0 Å². The minimum atomic E-state index is -0.553. The number of carbonyl (C=O) groups excluding carboxylic acids is 2. The van der Waals surface area contributed by atoms with Crippen LogP contribution in [-0.2, 0) is 33.9 Å². The molecule has 1 aliphatic rings. The maximum Gasteiger partial charge on any atom is 0.339 e. The molecule has 1 aliphatic heterocycles. The molecule has 97 valence electrons. The van der Waals surface area contributed by atoms with Gasteiger partial charge in [0.2, 0.25) is 0 Å². The molecule has 0 spiro atoms. The van der Waals surface area contributed by atoms with Crippen LogP contribution in [-0.4, -0.2) is 30.8 Å². The van der Waals surface area contributed by atoms with Crippen molar-refractivity contribution in [1.29, 1.82) is 0 Å². The van der Waals surface area contributed by atoms with Gasteiger partial charge in [-0.25, -0.2) is 9.59 Å². The molecule has 0 unspecified atom stereocenters. The van der Waals surface area contributed by atoms with Crippen molar-refractivity contribution in [1.82, 2.24) is 0 Å². The lowest BCUT2D eigenvalue weighted by atomic mass is 10.1. The van der Waals surface area contributed by atoms with E-state index in [0.29, 0.717) is 12.8 Å². The van der Waals surface area contributed by atoms with Crippen molar-refractivity contribution in [3.8, 4) is 0 Å². The average molecular weight is 247 g/mol. The third-order valence-electron chi connectivity index (χ3n) is 1.95. The van der Waals surface area contributed by atoms with E-state index in [2.05, 4.69) is 14.7 Å². The molecule has 0 N–H and O–H groups in total. The minimum Gasteiger partial charge on any atom is -0.367 e. The molecule has 1 heterocycles. The molecule has 0 aromatic heterocycles. The summed E-state index contributed by atoms with van der Waals surface area (Å²) >= 11 is 0. The topological polar surface area (TPSA) is 80.3 Å². The van der Waals surface area contributed by atoms with E-state index in [4.69, 9.17) is 9.62 Å². The van der Waals surface area contributed by atoms with Crippen LogP contribution in [0.4, 0.5) is 0 Å². The van der Waals surface area contributed by atoms with Gasteiger partial charge in [0.15, 0.2) is 0 Å². The van der Waals surface area contributed by atoms with Gasteiger partial charge in [-0.2, -0.15) is 9.78 Å². The van der Waals surface area contributed by atoms with Crippen LogP contribution < -0.4 is 0 Å². The van der Waals surface area contributed by atoms with Gasteiger partial charge >= 0.3 is 11.9 Å². The molecule has 1 radical (unpaired) electrons. The van der Waals surface area contributed by atoms with Crippen molar-refractivity contribution in [2.45, 2.75) is 38.9 Å². The van der Waals surface area contributed by atoms with Crippen LogP contribution in [0.5, 0.6) is 0 Å². The van der Waals surface area contributed by atoms with Gasteiger partial charge in [-0.3, -0.25) is 9.78 Å². The van der Waals surface area contributed by atoms with Gasteiger partial charge in [0, 0.05) is 13.8 Å². The summed E-state index contributed by atoms with van der Waals surface area (Å²) in [6.45, 7) is 4.07. The largest absolute Gasteiger partial charge is 0.367 e. The number of hydrogen-bond donors (Lipinski definition) is 0. The van der Waals surface area contributed by atoms with Crippen LogP contribution >= 0.6 is 0 Å². The summed E-state index contributed by atoms with van der Waals surface area (Å²) in [5, 5.41) is 0. The molecule has 1 fully saturated rings. The Balaban J connectivity index is 2.31. The Kier molecular flexibility index (Phi) is 5.88. The number of ether oxygens (including phenoxy) is 1. The van der Waals surface area contributed by atoms with E-state index in [9.17, 15) is 9.59 Å². The summed E-state index contributed by atoms with van der Waals surface area (Å²) < 4.78 is 5.25. The molecule has 2 atom stereocenters. The fraction of sp³-hybridized carbons (Fsp3) is 0.700. The maximum absolute atomic E-state index is 10.6. The zero-order chi connectivity index (χ0) is 12.7. The normalized spacial score (nSPS) is 24.1. The quantitative estimate of drug-likeness (QED) is 0.522. The summed E-state index contributed by atoms with van der Waals surface area (Å²) in [6.07, 6.45) is 0.374. The van der Waals surface area contributed by atoms with Gasteiger partial charge in [-0.05, 0) is 12.8 Å². The summed E-state index contributed by atoms with van der Waals surface area (Å²) in [5.74, 6) is -1.10. The van der Waals surface area contributed by atoms with Gasteiger partial charge < -0.3 is 4.74 Å². The lowest BCUT2D eigenvalue weighted by molar-refractivity contribution is -0.334. The molecule has 0 aromatic rings. The van der Waals surface area contributed by atoms with Gasteiger partial charge in [0.1, 0.15) is 18.8 Å². The highest BCUT2D eigenvalue weighted by Crippen LogP contribution is 2.20.